The van der Waals surface area contributed by atoms with E-state index in [1.54, 1.807) is 70.9 Å². The molecule has 1 aliphatic heterocycles. The second kappa shape index (κ2) is 26.0. The molecule has 1 aliphatic rings. The molecular weight excluding hydrogens is 1150 g/mol. The van der Waals surface area contributed by atoms with Gasteiger partial charge in [-0.1, -0.05) is 44.2 Å². The first-order chi connectivity index (χ1) is 38.6. The van der Waals surface area contributed by atoms with Gasteiger partial charge in [0.1, 0.15) is 77.2 Å². The van der Waals surface area contributed by atoms with Crippen molar-refractivity contribution in [2.75, 3.05) is 39.2 Å². The number of carbonyl (C=O) groups is 6. The molecule has 28 heteroatoms. The normalized spacial score (nSPS) is 16.6. The third kappa shape index (κ3) is 13.4. The number of carbonyl (C=O) groups excluding carboxylic acids is 6. The van der Waals surface area contributed by atoms with Crippen molar-refractivity contribution < 1.29 is 48.5 Å². The van der Waals surface area contributed by atoms with Crippen molar-refractivity contribution in [2.24, 2.45) is 5.92 Å². The van der Waals surface area contributed by atoms with Gasteiger partial charge in [0.15, 0.2) is 5.78 Å². The fourth-order valence-corrected chi connectivity index (χ4v) is 13.8. The van der Waals surface area contributed by atoms with Crippen LogP contribution in [0.2, 0.25) is 0 Å². The summed E-state index contributed by atoms with van der Waals surface area (Å²) in [7, 11) is 2.96. The number of fused-ring (bicyclic) bond motifs is 14. The number of hydrogen-bond acceptors (Lipinski definition) is 23. The van der Waals surface area contributed by atoms with E-state index in [9.17, 15) is 33.9 Å². The SMILES string of the molecule is CNC(=O)C[C@@H]1NC(=O)c2csc(n2)-c2ccc(-c3nc(NC(=O)OCCCO)cs3)nc2-c2csc(n2)-c2csc(n2)[C@H]([C@@H](O)c2ccccc2)NC(=O)CNC(=O)c2nc(sc2COC)[C@H](C(C)C)CC(=O)c2nc1sc2C. The van der Waals surface area contributed by atoms with Crippen LogP contribution in [0.15, 0.2) is 64.0 Å². The summed E-state index contributed by atoms with van der Waals surface area (Å²) in [5.74, 6) is -2.95. The van der Waals surface area contributed by atoms with E-state index in [-0.39, 0.29) is 79.6 Å². The van der Waals surface area contributed by atoms with Crippen molar-refractivity contribution in [3.05, 3.63) is 111 Å². The van der Waals surface area contributed by atoms with E-state index in [0.717, 1.165) is 0 Å². The van der Waals surface area contributed by atoms with Crippen LogP contribution < -0.4 is 26.6 Å². The number of anilines is 1. The molecule has 0 saturated heterocycles. The molecule has 0 radical (unpaired) electrons. The summed E-state index contributed by atoms with van der Waals surface area (Å²) < 4.78 is 10.6. The summed E-state index contributed by atoms with van der Waals surface area (Å²) in [5, 5.41) is 43.9. The van der Waals surface area contributed by atoms with Gasteiger partial charge in [-0.15, -0.1) is 68.0 Å². The lowest BCUT2D eigenvalue weighted by Gasteiger charge is -2.23. The van der Waals surface area contributed by atoms with Crippen molar-refractivity contribution in [1.29, 1.82) is 0 Å². The molecule has 10 bridgehead atoms. The first-order valence-corrected chi connectivity index (χ1v) is 30.0. The van der Waals surface area contributed by atoms with E-state index < -0.39 is 54.5 Å². The number of benzene rings is 1. The molecule has 416 valence electrons. The molecule has 1 aromatic carbocycles. The van der Waals surface area contributed by atoms with Gasteiger partial charge < -0.3 is 41.0 Å². The maximum absolute atomic E-state index is 14.3. The lowest BCUT2D eigenvalue weighted by molar-refractivity contribution is -0.122. The van der Waals surface area contributed by atoms with E-state index >= 15 is 0 Å². The fourth-order valence-electron chi connectivity index (χ4n) is 8.27. The number of aliphatic hydroxyl groups excluding tert-OH is 2. The number of nitrogens with zero attached hydrogens (tertiary/aromatic N) is 7. The number of ketones is 1. The average Bonchev–Trinajstić information content (AvgIpc) is 4.37. The molecule has 0 unspecified atom stereocenters. The number of methoxy groups -OCH3 is 1. The minimum absolute atomic E-state index is 0.0216. The highest BCUT2D eigenvalue weighted by Crippen LogP contribution is 2.41. The molecule has 80 heavy (non-hydrogen) atoms. The predicted molar refractivity (Wildman–Crippen MR) is 305 cm³/mol. The van der Waals surface area contributed by atoms with Crippen LogP contribution in [0.25, 0.3) is 43.4 Å². The van der Waals surface area contributed by atoms with Crippen LogP contribution in [0, 0.1) is 12.8 Å². The number of aryl methyl sites for hydroxylation is 1. The third-order valence-corrected chi connectivity index (χ3v) is 18.1. The third-order valence-electron chi connectivity index (χ3n) is 12.4. The summed E-state index contributed by atoms with van der Waals surface area (Å²) in [4.78, 5) is 117. The maximum Gasteiger partial charge on any atom is 0.412 e. The van der Waals surface area contributed by atoms with Gasteiger partial charge in [0, 0.05) is 71.5 Å². The van der Waals surface area contributed by atoms with Gasteiger partial charge in [0.2, 0.25) is 11.8 Å². The van der Waals surface area contributed by atoms with E-state index in [1.165, 1.54) is 82.2 Å². The Morgan fingerprint density at radius 2 is 1.49 bits per heavy atom. The number of thiazole rings is 6. The Balaban J connectivity index is 1.12. The van der Waals surface area contributed by atoms with Crippen molar-refractivity contribution >= 4 is 109 Å². The zero-order chi connectivity index (χ0) is 56.6. The summed E-state index contributed by atoms with van der Waals surface area (Å²) >= 11 is 7.27. The number of rotatable bonds is 12. The quantitative estimate of drug-likeness (QED) is 0.0568. The molecule has 8 heterocycles. The Morgan fingerprint density at radius 1 is 0.762 bits per heavy atom. The van der Waals surface area contributed by atoms with Crippen LogP contribution in [0.1, 0.15) is 119 Å². The van der Waals surface area contributed by atoms with Gasteiger partial charge >= 0.3 is 6.09 Å². The first-order valence-electron chi connectivity index (χ1n) is 24.8. The minimum atomic E-state index is -1.27. The Kier molecular flexibility index (Phi) is 18.7. The minimum Gasteiger partial charge on any atom is -0.449 e. The molecule has 22 nitrogen and oxygen atoms in total. The molecule has 0 spiro atoms. The number of aliphatic hydroxyl groups is 2. The van der Waals surface area contributed by atoms with E-state index in [0.29, 0.717) is 73.7 Å². The number of Topliss-reactive ketones (excluding diaryl/α,β-unsaturated/α-hetero) is 1. The number of aromatic nitrogens is 7. The Bertz CT molecular complexity index is 3550. The number of amides is 5. The molecule has 4 atom stereocenters. The second-order valence-corrected chi connectivity index (χ2v) is 24.1. The second-order valence-electron chi connectivity index (χ2n) is 18.3. The molecule has 8 aromatic rings. The van der Waals surface area contributed by atoms with Crippen molar-refractivity contribution in [2.45, 2.75) is 70.7 Å². The van der Waals surface area contributed by atoms with Gasteiger partial charge in [-0.25, -0.2) is 39.7 Å². The molecule has 9 rings (SSSR count). The highest BCUT2D eigenvalue weighted by molar-refractivity contribution is 7.15. The van der Waals surface area contributed by atoms with Crippen LogP contribution in [0.5, 0.6) is 0 Å². The molecular formula is C52H52N12O10S6. The zero-order valence-corrected chi connectivity index (χ0v) is 48.3. The average molecular weight is 1200 g/mol. The Labute approximate surface area is 481 Å². The fraction of sp³-hybridized carbons (Fsp3) is 0.327. The lowest BCUT2D eigenvalue weighted by Crippen LogP contribution is -2.40. The van der Waals surface area contributed by atoms with Crippen LogP contribution in [0.3, 0.4) is 0 Å². The van der Waals surface area contributed by atoms with E-state index in [1.807, 2.05) is 13.8 Å². The molecule has 0 saturated carbocycles. The molecule has 7 aromatic heterocycles. The van der Waals surface area contributed by atoms with Crippen LogP contribution in [-0.2, 0) is 25.7 Å². The topological polar surface area (TPSA) is 312 Å². The summed E-state index contributed by atoms with van der Waals surface area (Å²) in [6, 6.07) is 10.3. The van der Waals surface area contributed by atoms with Gasteiger partial charge in [-0.2, -0.15) is 0 Å². The Hall–Kier alpha value is -7.15. The van der Waals surface area contributed by atoms with E-state index in [2.05, 4.69) is 31.6 Å². The van der Waals surface area contributed by atoms with Crippen LogP contribution in [0.4, 0.5) is 10.6 Å². The van der Waals surface area contributed by atoms with Gasteiger partial charge in [-0.05, 0) is 30.5 Å². The number of pyridine rings is 1. The Morgan fingerprint density at radius 3 is 2.25 bits per heavy atom. The summed E-state index contributed by atoms with van der Waals surface area (Å²) in [5.41, 5.74) is 2.88. The highest BCUT2D eigenvalue weighted by Gasteiger charge is 2.33. The standard InChI is InChI=1S/C52H52N12O10S6/c1-24(2)28-16-34(66)39-25(3)79-50(63-39)30(17-37(67)53-4)56-44(70)32-21-75-46(58-32)27-12-13-29(48-60-36(23-78-48)61-52(72)74-15-9-14-65)55-40(27)31-20-76-49(57-31)33-22-77-51(59-33)42(43(69)26-10-7-6-8-11-26)62-38(68)18-54-45(71)41-35(19-73-5)80-47(28)64-41/h6-8,10-13,20-24,28,30,42-43,65,69H,9,14-19H2,1-5H3,(H,53,67)(H,54,71)(H,56,70)(H,61,72)(H,62,68)/t28-,30-,42-,43-/m0/s1. The highest BCUT2D eigenvalue weighted by atomic mass is 32.1. The monoisotopic (exact) mass is 1200 g/mol. The molecule has 0 fully saturated rings. The van der Waals surface area contributed by atoms with Crippen molar-refractivity contribution in [3.63, 3.8) is 0 Å². The van der Waals surface area contributed by atoms with Crippen LogP contribution >= 0.6 is 68.0 Å². The molecule has 7 N–H and O–H groups in total. The maximum atomic E-state index is 14.3. The number of nitrogens with one attached hydrogen (secondary N) is 5. The first kappa shape index (κ1) is 57.5. The van der Waals surface area contributed by atoms with Crippen molar-refractivity contribution in [3.8, 4) is 43.4 Å². The smallest absolute Gasteiger partial charge is 0.412 e. The largest absolute Gasteiger partial charge is 0.449 e. The molecule has 5 amide bonds. The lowest BCUT2D eigenvalue weighted by atomic mass is 9.90. The van der Waals surface area contributed by atoms with Gasteiger partial charge in [0.25, 0.3) is 11.8 Å². The van der Waals surface area contributed by atoms with Gasteiger partial charge in [-0.3, -0.25) is 29.3 Å². The zero-order valence-electron chi connectivity index (χ0n) is 43.4. The van der Waals surface area contributed by atoms with Crippen molar-refractivity contribution in [1.82, 2.24) is 56.2 Å². The van der Waals surface area contributed by atoms with E-state index in [4.69, 9.17) is 44.5 Å². The predicted octanol–water partition coefficient (Wildman–Crippen LogP) is 8.13. The van der Waals surface area contributed by atoms with Gasteiger partial charge in [0.05, 0.1) is 47.8 Å². The van der Waals surface area contributed by atoms with Crippen LogP contribution in [-0.4, -0.2) is 115 Å². The molecule has 0 aliphatic carbocycles. The number of hydrogen-bond donors (Lipinski definition) is 7. The summed E-state index contributed by atoms with van der Waals surface area (Å²) in [6.07, 6.45) is -1.96. The number of ether oxygens (including phenoxy) is 2. The summed E-state index contributed by atoms with van der Waals surface area (Å²) in [6.45, 7) is 5.06.